The number of carbonyl (C=O) groups excluding carboxylic acids is 1. The maximum absolute atomic E-state index is 13.5. The van der Waals surface area contributed by atoms with Crippen LogP contribution in [0.4, 0.5) is 0 Å². The van der Waals surface area contributed by atoms with E-state index in [1.807, 2.05) is 29.2 Å². The van der Waals surface area contributed by atoms with Gasteiger partial charge in [0.15, 0.2) is 10.7 Å². The molecule has 0 aliphatic carbocycles. The number of sulfonamides is 1. The van der Waals surface area contributed by atoms with E-state index in [0.29, 0.717) is 37.5 Å². The molecule has 34 heavy (non-hydrogen) atoms. The summed E-state index contributed by atoms with van der Waals surface area (Å²) in [6, 6.07) is 7.41. The van der Waals surface area contributed by atoms with Crippen LogP contribution in [0.3, 0.4) is 0 Å². The normalized spacial score (nSPS) is 19.1. The number of methoxy groups -OCH3 is 1. The van der Waals surface area contributed by atoms with Gasteiger partial charge in [-0.2, -0.15) is 4.31 Å². The van der Waals surface area contributed by atoms with Crippen LogP contribution in [0.25, 0.3) is 12.2 Å². The number of benzene rings is 1. The molecule has 4 rings (SSSR count). The van der Waals surface area contributed by atoms with Crippen LogP contribution in [-0.4, -0.2) is 62.0 Å². The molecule has 0 unspecified atom stereocenters. The molecule has 0 atom stereocenters. The minimum atomic E-state index is -3.80. The molecule has 2 aliphatic heterocycles. The third-order valence-corrected chi connectivity index (χ3v) is 8.93. The average Bonchev–Trinajstić information content (AvgIpc) is 3.24. The molecule has 1 aromatic carbocycles. The number of carbonyl (C=O) groups is 1. The number of amides is 1. The molecule has 2 fully saturated rings. The summed E-state index contributed by atoms with van der Waals surface area (Å²) in [5, 5.41) is 3.91. The standard InChI is InChI=1S/C25H33N3O5S/c1-18-10-14-27(15-11-18)25(29)21-12-16-28(17-13-21)34(30,31)24-19(2)26-33-23(24)9-6-20-4-7-22(32-3)8-5-20/h4-9,18,21H,10-17H2,1-3H3/b9-6-. The Hall–Kier alpha value is -2.65. The second-order valence-electron chi connectivity index (χ2n) is 9.25. The number of likely N-dealkylation sites (tertiary alicyclic amines) is 1. The molecule has 9 heteroatoms. The van der Waals surface area contributed by atoms with Crippen LogP contribution in [0.5, 0.6) is 5.75 Å². The fraction of sp³-hybridized carbons (Fsp3) is 0.520. The Labute approximate surface area is 201 Å². The lowest BCUT2D eigenvalue weighted by atomic mass is 9.93. The number of aryl methyl sites for hydroxylation is 1. The molecule has 8 nitrogen and oxygen atoms in total. The van der Waals surface area contributed by atoms with Crippen molar-refractivity contribution in [2.75, 3.05) is 33.3 Å². The van der Waals surface area contributed by atoms with Gasteiger partial charge in [0, 0.05) is 32.1 Å². The van der Waals surface area contributed by atoms with Crippen molar-refractivity contribution in [1.82, 2.24) is 14.4 Å². The number of piperidine rings is 2. The molecule has 2 aliphatic rings. The van der Waals surface area contributed by atoms with Gasteiger partial charge in [0.1, 0.15) is 11.4 Å². The lowest BCUT2D eigenvalue weighted by Crippen LogP contribution is -2.46. The van der Waals surface area contributed by atoms with Gasteiger partial charge in [-0.25, -0.2) is 8.42 Å². The van der Waals surface area contributed by atoms with E-state index in [1.165, 1.54) is 4.31 Å². The first-order valence-corrected chi connectivity index (χ1v) is 13.3. The second kappa shape index (κ2) is 10.3. The van der Waals surface area contributed by atoms with Crippen molar-refractivity contribution < 1.29 is 22.5 Å². The van der Waals surface area contributed by atoms with Gasteiger partial charge in [0.2, 0.25) is 15.9 Å². The zero-order valence-electron chi connectivity index (χ0n) is 20.1. The van der Waals surface area contributed by atoms with E-state index in [0.717, 1.165) is 37.2 Å². The summed E-state index contributed by atoms with van der Waals surface area (Å²) < 4.78 is 38.9. The number of ether oxygens (including phenoxy) is 1. The van der Waals surface area contributed by atoms with Gasteiger partial charge in [0.25, 0.3) is 0 Å². The molecule has 0 radical (unpaired) electrons. The highest BCUT2D eigenvalue weighted by Crippen LogP contribution is 2.30. The van der Waals surface area contributed by atoms with Crippen LogP contribution in [0.15, 0.2) is 33.7 Å². The van der Waals surface area contributed by atoms with Gasteiger partial charge in [0.05, 0.1) is 7.11 Å². The summed E-state index contributed by atoms with van der Waals surface area (Å²) in [5.74, 6) is 1.67. The summed E-state index contributed by atoms with van der Waals surface area (Å²) in [4.78, 5) is 15.0. The van der Waals surface area contributed by atoms with Gasteiger partial charge < -0.3 is 14.2 Å². The van der Waals surface area contributed by atoms with Crippen LogP contribution < -0.4 is 4.74 Å². The quantitative estimate of drug-likeness (QED) is 0.615. The molecule has 1 amide bonds. The number of rotatable bonds is 6. The molecule has 184 valence electrons. The molecule has 3 heterocycles. The van der Waals surface area contributed by atoms with Crippen molar-refractivity contribution in [2.45, 2.75) is 44.4 Å². The third-order valence-electron chi connectivity index (χ3n) is 6.87. The molecule has 2 aromatic rings. The summed E-state index contributed by atoms with van der Waals surface area (Å²) >= 11 is 0. The SMILES string of the molecule is COc1ccc(/C=C\c2onc(C)c2S(=O)(=O)N2CCC(C(=O)N3CCC(C)CC3)CC2)cc1. The van der Waals surface area contributed by atoms with Gasteiger partial charge in [-0.05, 0) is 62.3 Å². The Balaban J connectivity index is 1.44. The summed E-state index contributed by atoms with van der Waals surface area (Å²) in [7, 11) is -2.19. The lowest BCUT2D eigenvalue weighted by molar-refractivity contribution is -0.138. The topological polar surface area (TPSA) is 93.0 Å². The van der Waals surface area contributed by atoms with Crippen molar-refractivity contribution in [3.63, 3.8) is 0 Å². The largest absolute Gasteiger partial charge is 0.497 e. The van der Waals surface area contributed by atoms with Crippen LogP contribution in [0.2, 0.25) is 0 Å². The highest BCUT2D eigenvalue weighted by atomic mass is 32.2. The molecular formula is C25H33N3O5S. The first kappa shape index (κ1) is 24.5. The number of nitrogens with zero attached hydrogens (tertiary/aromatic N) is 3. The van der Waals surface area contributed by atoms with Crippen molar-refractivity contribution in [1.29, 1.82) is 0 Å². The highest BCUT2D eigenvalue weighted by Gasteiger charge is 2.37. The summed E-state index contributed by atoms with van der Waals surface area (Å²) in [6.45, 7) is 6.10. The minimum Gasteiger partial charge on any atom is -0.497 e. The van der Waals surface area contributed by atoms with E-state index in [9.17, 15) is 13.2 Å². The van der Waals surface area contributed by atoms with E-state index in [-0.39, 0.29) is 22.5 Å². The van der Waals surface area contributed by atoms with E-state index in [2.05, 4.69) is 12.1 Å². The molecule has 0 spiro atoms. The Morgan fingerprint density at radius 2 is 1.71 bits per heavy atom. The Morgan fingerprint density at radius 1 is 1.06 bits per heavy atom. The monoisotopic (exact) mass is 487 g/mol. The van der Waals surface area contributed by atoms with Crippen LogP contribution in [0.1, 0.15) is 49.6 Å². The third kappa shape index (κ3) is 5.20. The zero-order valence-corrected chi connectivity index (χ0v) is 20.9. The van der Waals surface area contributed by atoms with Crippen LogP contribution in [-0.2, 0) is 14.8 Å². The molecule has 0 N–H and O–H groups in total. The number of hydrogen-bond donors (Lipinski definition) is 0. The Bertz CT molecular complexity index is 1120. The van der Waals surface area contributed by atoms with Gasteiger partial charge in [-0.3, -0.25) is 4.79 Å². The maximum atomic E-state index is 13.5. The summed E-state index contributed by atoms with van der Waals surface area (Å²) in [6.07, 6.45) is 6.55. The van der Waals surface area contributed by atoms with Gasteiger partial charge in [-0.1, -0.05) is 30.3 Å². The van der Waals surface area contributed by atoms with Crippen LogP contribution in [0, 0.1) is 18.8 Å². The average molecular weight is 488 g/mol. The van der Waals surface area contributed by atoms with Crippen LogP contribution >= 0.6 is 0 Å². The molecular weight excluding hydrogens is 454 g/mol. The molecule has 0 bridgehead atoms. The molecule has 2 saturated heterocycles. The van der Waals surface area contributed by atoms with E-state index in [4.69, 9.17) is 9.26 Å². The number of hydrogen-bond acceptors (Lipinski definition) is 6. The van der Waals surface area contributed by atoms with Crippen molar-refractivity contribution in [2.24, 2.45) is 11.8 Å². The predicted octanol–water partition coefficient (Wildman–Crippen LogP) is 3.82. The van der Waals surface area contributed by atoms with Gasteiger partial charge in [-0.15, -0.1) is 0 Å². The first-order valence-electron chi connectivity index (χ1n) is 11.9. The predicted molar refractivity (Wildman–Crippen MR) is 130 cm³/mol. The Morgan fingerprint density at radius 3 is 2.32 bits per heavy atom. The smallest absolute Gasteiger partial charge is 0.248 e. The van der Waals surface area contributed by atoms with Crippen molar-refractivity contribution in [3.05, 3.63) is 41.3 Å². The Kier molecular flexibility index (Phi) is 7.42. The van der Waals surface area contributed by atoms with Crippen molar-refractivity contribution >= 4 is 28.1 Å². The van der Waals surface area contributed by atoms with Crippen molar-refractivity contribution in [3.8, 4) is 5.75 Å². The van der Waals surface area contributed by atoms with Gasteiger partial charge >= 0.3 is 0 Å². The zero-order chi connectivity index (χ0) is 24.3. The maximum Gasteiger partial charge on any atom is 0.248 e. The fourth-order valence-corrected chi connectivity index (χ4v) is 6.36. The highest BCUT2D eigenvalue weighted by molar-refractivity contribution is 7.89. The fourth-order valence-electron chi connectivity index (χ4n) is 4.65. The van der Waals surface area contributed by atoms with E-state index in [1.54, 1.807) is 26.2 Å². The lowest BCUT2D eigenvalue weighted by Gasteiger charge is -2.36. The second-order valence-corrected chi connectivity index (χ2v) is 11.1. The number of aromatic nitrogens is 1. The van der Waals surface area contributed by atoms with E-state index < -0.39 is 10.0 Å². The van der Waals surface area contributed by atoms with E-state index >= 15 is 0 Å². The summed E-state index contributed by atoms with van der Waals surface area (Å²) in [5.41, 5.74) is 1.21. The molecule has 1 aromatic heterocycles. The minimum absolute atomic E-state index is 0.0899. The molecule has 0 saturated carbocycles. The first-order chi connectivity index (χ1) is 16.3.